The molecule has 8 aliphatic rings. The molecule has 5 saturated carbocycles. The van der Waals surface area contributed by atoms with Gasteiger partial charge in [-0.1, -0.05) is 34.6 Å². The summed E-state index contributed by atoms with van der Waals surface area (Å²) in [7, 11) is 0. The van der Waals surface area contributed by atoms with Gasteiger partial charge < -0.3 is 39.0 Å². The minimum absolute atomic E-state index is 0.0287. The van der Waals surface area contributed by atoms with Crippen molar-refractivity contribution >= 4 is 23.7 Å². The molecule has 0 unspecified atom stereocenters. The molecule has 3 heterocycles. The summed E-state index contributed by atoms with van der Waals surface area (Å²) >= 11 is 0. The molecule has 12 heteroatoms. The van der Waals surface area contributed by atoms with E-state index < -0.39 is 118 Å². The van der Waals surface area contributed by atoms with Crippen molar-refractivity contribution in [1.29, 1.82) is 0 Å². The van der Waals surface area contributed by atoms with Crippen molar-refractivity contribution in [2.24, 2.45) is 63.6 Å². The molecule has 19 atom stereocenters. The maximum absolute atomic E-state index is 14.5. The molecule has 8 fully saturated rings. The van der Waals surface area contributed by atoms with Crippen LogP contribution in [0.5, 0.6) is 0 Å². The SMILES string of the molecule is CC(=O)O[C@H]1C(=O)[C@H]2C[C@@H]3O[C@@H]3[C@H](O)[C@]2(C)[C@H]2C[C@H](O)[C@@]3(C)[C@@H]([C@@H](O)[C@@H]4[C@@H]3[C@H](C)[C@H]3O[C@]35OC(=O)[C@@](C)(OC(=O)CC(C)C)[C@]45C)[C@H]12. The number of ether oxygens (including phenoxy) is 5. The number of ketones is 1. The summed E-state index contributed by atoms with van der Waals surface area (Å²) in [6, 6.07) is 0. The van der Waals surface area contributed by atoms with Gasteiger partial charge in [-0.15, -0.1) is 0 Å². The Hall–Kier alpha value is -2.12. The Labute approximate surface area is 274 Å². The summed E-state index contributed by atoms with van der Waals surface area (Å²) in [4.78, 5) is 54.1. The van der Waals surface area contributed by atoms with Crippen LogP contribution in [0, 0.1) is 63.6 Å². The molecule has 0 amide bonds. The first-order valence-corrected chi connectivity index (χ1v) is 17.4. The maximum Gasteiger partial charge on any atom is 0.353 e. The Bertz CT molecular complexity index is 1460. The number of aliphatic hydroxyl groups is 3. The minimum Gasteiger partial charge on any atom is -0.454 e. The van der Waals surface area contributed by atoms with E-state index >= 15 is 0 Å². The lowest BCUT2D eigenvalue weighted by Crippen LogP contribution is -2.69. The second-order valence-electron chi connectivity index (χ2n) is 17.3. The Kier molecular flexibility index (Phi) is 6.39. The van der Waals surface area contributed by atoms with Crippen molar-refractivity contribution in [3.63, 3.8) is 0 Å². The van der Waals surface area contributed by atoms with Gasteiger partial charge in [0.05, 0.1) is 29.8 Å². The van der Waals surface area contributed by atoms with Crippen molar-refractivity contribution in [3.05, 3.63) is 0 Å². The number of aliphatic hydroxyl groups excluding tert-OH is 3. The van der Waals surface area contributed by atoms with Gasteiger partial charge in [0.1, 0.15) is 12.2 Å². The van der Waals surface area contributed by atoms with Gasteiger partial charge in [0, 0.05) is 47.8 Å². The molecule has 3 aliphatic heterocycles. The lowest BCUT2D eigenvalue weighted by Gasteiger charge is -2.63. The molecule has 3 N–H and O–H groups in total. The fourth-order valence-corrected chi connectivity index (χ4v) is 12.8. The van der Waals surface area contributed by atoms with Gasteiger partial charge in [0.2, 0.25) is 5.60 Å². The molecular formula is C35H48O12. The van der Waals surface area contributed by atoms with Gasteiger partial charge >= 0.3 is 17.9 Å². The lowest BCUT2D eigenvalue weighted by molar-refractivity contribution is -0.229. The van der Waals surface area contributed by atoms with Crippen LogP contribution in [-0.4, -0.2) is 93.1 Å². The van der Waals surface area contributed by atoms with Crippen LogP contribution >= 0.6 is 0 Å². The molecule has 0 radical (unpaired) electrons. The summed E-state index contributed by atoms with van der Waals surface area (Å²) in [5, 5.41) is 36.9. The number of Topliss-reactive ketones (excluding diaryl/α,β-unsaturated/α-hetero) is 1. The van der Waals surface area contributed by atoms with Crippen LogP contribution in [0.4, 0.5) is 0 Å². The average Bonchev–Trinajstić information content (AvgIpc) is 3.87. The zero-order chi connectivity index (χ0) is 34.1. The third kappa shape index (κ3) is 3.47. The first-order chi connectivity index (χ1) is 21.8. The molecule has 0 aromatic rings. The van der Waals surface area contributed by atoms with Gasteiger partial charge in [0.25, 0.3) is 5.79 Å². The number of hydrogen-bond acceptors (Lipinski definition) is 12. The van der Waals surface area contributed by atoms with Gasteiger partial charge in [-0.05, 0) is 50.4 Å². The number of carbonyl (C=O) groups is 4. The predicted octanol–water partition coefficient (Wildman–Crippen LogP) is 1.54. The van der Waals surface area contributed by atoms with E-state index in [4.69, 9.17) is 23.7 Å². The molecule has 47 heavy (non-hydrogen) atoms. The van der Waals surface area contributed by atoms with Gasteiger partial charge in [-0.25, -0.2) is 4.79 Å². The summed E-state index contributed by atoms with van der Waals surface area (Å²) in [5.41, 5.74) is -5.23. The highest BCUT2D eigenvalue weighted by molar-refractivity contribution is 5.90. The first kappa shape index (κ1) is 32.1. The summed E-state index contributed by atoms with van der Waals surface area (Å²) in [5.74, 6) is -7.97. The Morgan fingerprint density at radius 2 is 1.68 bits per heavy atom. The maximum atomic E-state index is 14.5. The molecule has 12 nitrogen and oxygen atoms in total. The highest BCUT2D eigenvalue weighted by atomic mass is 16.8. The first-order valence-electron chi connectivity index (χ1n) is 17.4. The van der Waals surface area contributed by atoms with E-state index in [0.717, 1.165) is 0 Å². The van der Waals surface area contributed by atoms with E-state index in [1.807, 2.05) is 34.6 Å². The molecule has 0 bridgehead atoms. The molecule has 1 spiro atoms. The summed E-state index contributed by atoms with van der Waals surface area (Å²) in [6.45, 7) is 14.1. The number of esters is 3. The molecule has 0 aromatic carbocycles. The van der Waals surface area contributed by atoms with E-state index in [0.29, 0.717) is 6.42 Å². The Morgan fingerprint density at radius 1 is 1.00 bits per heavy atom. The zero-order valence-corrected chi connectivity index (χ0v) is 28.3. The van der Waals surface area contributed by atoms with Gasteiger partial charge in [-0.2, -0.15) is 0 Å². The van der Waals surface area contributed by atoms with E-state index in [-0.39, 0.29) is 36.6 Å². The quantitative estimate of drug-likeness (QED) is 0.225. The van der Waals surface area contributed by atoms with E-state index in [2.05, 4.69) is 0 Å². The van der Waals surface area contributed by atoms with Crippen LogP contribution < -0.4 is 0 Å². The second-order valence-corrected chi connectivity index (χ2v) is 17.3. The van der Waals surface area contributed by atoms with E-state index in [1.165, 1.54) is 13.8 Å². The third-order valence-corrected chi connectivity index (χ3v) is 15.1. The van der Waals surface area contributed by atoms with Crippen molar-refractivity contribution in [2.75, 3.05) is 0 Å². The number of epoxide rings is 2. The average molecular weight is 661 g/mol. The van der Waals surface area contributed by atoms with Crippen LogP contribution in [0.3, 0.4) is 0 Å². The molecule has 0 aromatic heterocycles. The minimum atomic E-state index is -1.82. The molecule has 5 aliphatic carbocycles. The zero-order valence-electron chi connectivity index (χ0n) is 28.3. The predicted molar refractivity (Wildman–Crippen MR) is 159 cm³/mol. The number of hydrogen-bond donors (Lipinski definition) is 3. The summed E-state index contributed by atoms with van der Waals surface area (Å²) in [6.07, 6.45) is -4.99. The molecular weight excluding hydrogens is 612 g/mol. The molecule has 8 rings (SSSR count). The standard InChI is InChI=1S/C35H48O12/c1-12(2)9-19(38)45-34(8)30(42)47-35-29(46-35)13(3)21-23(33(34,35)7)25(40)22-20-15(11-18(37)32(21,22)6)31(5)16(10-17-26(44-17)28(31)41)24(39)27(20)43-14(4)36/h12-13,15-18,20-23,25-29,37,40-41H,9-11H2,1-8H3/t13-,15-,16+,17-,18-,20+,21-,22+,23-,25+,26-,27+,28-,29+,31+,32+,33-,34+,35-/m0/s1. The van der Waals surface area contributed by atoms with Gasteiger partial charge in [-0.3, -0.25) is 14.4 Å². The highest BCUT2D eigenvalue weighted by Crippen LogP contribution is 2.80. The molecule has 3 saturated heterocycles. The fraction of sp³-hybridized carbons (Fsp3) is 0.886. The van der Waals surface area contributed by atoms with Crippen LogP contribution in [0.15, 0.2) is 0 Å². The van der Waals surface area contributed by atoms with Crippen LogP contribution in [0.25, 0.3) is 0 Å². The Balaban J connectivity index is 1.28. The van der Waals surface area contributed by atoms with E-state index in [9.17, 15) is 34.5 Å². The van der Waals surface area contributed by atoms with E-state index in [1.54, 1.807) is 6.92 Å². The smallest absolute Gasteiger partial charge is 0.353 e. The van der Waals surface area contributed by atoms with Gasteiger partial charge in [0.15, 0.2) is 11.9 Å². The topological polar surface area (TPSA) is 182 Å². The molecule has 260 valence electrons. The van der Waals surface area contributed by atoms with Crippen molar-refractivity contribution in [1.82, 2.24) is 0 Å². The monoisotopic (exact) mass is 660 g/mol. The number of fused-ring (bicyclic) bond motifs is 9. The number of rotatable bonds is 4. The summed E-state index contributed by atoms with van der Waals surface area (Å²) < 4.78 is 30.0. The third-order valence-electron chi connectivity index (χ3n) is 15.1. The van der Waals surface area contributed by atoms with Crippen molar-refractivity contribution < 1.29 is 58.2 Å². The lowest BCUT2D eigenvalue weighted by atomic mass is 9.42. The largest absolute Gasteiger partial charge is 0.454 e. The number of carbonyl (C=O) groups excluding carboxylic acids is 4. The Morgan fingerprint density at radius 3 is 2.32 bits per heavy atom. The van der Waals surface area contributed by atoms with Crippen molar-refractivity contribution in [2.45, 2.75) is 129 Å². The second kappa shape index (κ2) is 9.35. The highest BCUT2D eigenvalue weighted by Gasteiger charge is 2.93. The normalized spacial score (nSPS) is 59.3. The van der Waals surface area contributed by atoms with Crippen LogP contribution in [0.1, 0.15) is 74.7 Å². The van der Waals surface area contributed by atoms with Crippen LogP contribution in [0.2, 0.25) is 0 Å². The van der Waals surface area contributed by atoms with Crippen molar-refractivity contribution in [3.8, 4) is 0 Å². The fourth-order valence-electron chi connectivity index (χ4n) is 12.8. The van der Waals surface area contributed by atoms with Crippen LogP contribution in [-0.2, 0) is 42.9 Å².